The molecule has 0 aromatic carbocycles. The van der Waals surface area contributed by atoms with Gasteiger partial charge in [-0.05, 0) is 18.9 Å². The Balaban J connectivity index is 2.68. The summed E-state index contributed by atoms with van der Waals surface area (Å²) in [5, 5.41) is 0. The lowest BCUT2D eigenvalue weighted by atomic mass is 9.94. The molecule has 1 aliphatic carbocycles. The zero-order valence-electron chi connectivity index (χ0n) is 6.85. The quantitative estimate of drug-likeness (QED) is 0.541. The summed E-state index contributed by atoms with van der Waals surface area (Å²) in [7, 11) is 1.73. The van der Waals surface area contributed by atoms with Gasteiger partial charge in [0, 0.05) is 6.42 Å². The summed E-state index contributed by atoms with van der Waals surface area (Å²) in [6.45, 7) is 4.38. The molecule has 1 heteroatoms. The van der Waals surface area contributed by atoms with E-state index in [0.29, 0.717) is 5.92 Å². The zero-order chi connectivity index (χ0) is 7.56. The van der Waals surface area contributed by atoms with Gasteiger partial charge in [0.1, 0.15) is 0 Å². The van der Waals surface area contributed by atoms with Crippen LogP contribution in [0.25, 0.3) is 0 Å². The molecule has 10 heavy (non-hydrogen) atoms. The molecule has 0 heterocycles. The van der Waals surface area contributed by atoms with Crippen LogP contribution in [-0.2, 0) is 4.74 Å². The summed E-state index contributed by atoms with van der Waals surface area (Å²) in [5.41, 5.74) is 1.45. The van der Waals surface area contributed by atoms with Crippen molar-refractivity contribution in [3.63, 3.8) is 0 Å². The first-order chi connectivity index (χ1) is 4.74. The number of hydrogen-bond acceptors (Lipinski definition) is 1. The molecular weight excluding hydrogens is 124 g/mol. The fourth-order valence-electron chi connectivity index (χ4n) is 1.07. The minimum atomic E-state index is 0.653. The molecule has 0 aromatic rings. The summed E-state index contributed by atoms with van der Waals surface area (Å²) >= 11 is 0. The lowest BCUT2D eigenvalue weighted by Crippen LogP contribution is -2.03. The highest BCUT2D eigenvalue weighted by molar-refractivity contribution is 5.21. The van der Waals surface area contributed by atoms with E-state index in [2.05, 4.69) is 26.0 Å². The number of rotatable bonds is 1. The minimum absolute atomic E-state index is 0.653. The van der Waals surface area contributed by atoms with Gasteiger partial charge in [-0.25, -0.2) is 0 Å². The van der Waals surface area contributed by atoms with Crippen LogP contribution in [0.2, 0.25) is 0 Å². The molecule has 1 atom stereocenters. The summed E-state index contributed by atoms with van der Waals surface area (Å²) in [6.07, 6.45) is 5.24. The van der Waals surface area contributed by atoms with Crippen molar-refractivity contribution in [1.29, 1.82) is 0 Å². The molecule has 0 aliphatic heterocycles. The summed E-state index contributed by atoms with van der Waals surface area (Å²) in [4.78, 5) is 0. The molecule has 0 aromatic heterocycles. The fraction of sp³-hybridized carbons (Fsp3) is 0.556. The Labute approximate surface area is 62.4 Å². The van der Waals surface area contributed by atoms with E-state index < -0.39 is 0 Å². The fourth-order valence-corrected chi connectivity index (χ4v) is 1.07. The van der Waals surface area contributed by atoms with E-state index in [1.54, 1.807) is 7.11 Å². The highest BCUT2D eigenvalue weighted by Gasteiger charge is 2.10. The molecule has 0 saturated heterocycles. The van der Waals surface area contributed by atoms with Crippen LogP contribution in [-0.4, -0.2) is 7.11 Å². The molecule has 56 valence electrons. The maximum Gasteiger partial charge on any atom is 0.0961 e. The van der Waals surface area contributed by atoms with Crippen LogP contribution in [0.5, 0.6) is 0 Å². The van der Waals surface area contributed by atoms with Crippen molar-refractivity contribution in [2.75, 3.05) is 7.11 Å². The van der Waals surface area contributed by atoms with E-state index in [9.17, 15) is 0 Å². The Morgan fingerprint density at radius 2 is 2.20 bits per heavy atom. The van der Waals surface area contributed by atoms with Crippen LogP contribution < -0.4 is 0 Å². The second-order valence-corrected chi connectivity index (χ2v) is 2.85. The first kappa shape index (κ1) is 7.39. The van der Waals surface area contributed by atoms with Gasteiger partial charge in [0.15, 0.2) is 0 Å². The molecule has 0 N–H and O–H groups in total. The number of ether oxygens (including phenoxy) is 1. The molecule has 0 unspecified atom stereocenters. The lowest BCUT2D eigenvalue weighted by Gasteiger charge is -2.17. The van der Waals surface area contributed by atoms with E-state index in [1.807, 2.05) is 0 Å². The van der Waals surface area contributed by atoms with Crippen LogP contribution in [0.15, 0.2) is 23.5 Å². The largest absolute Gasteiger partial charge is 0.501 e. The monoisotopic (exact) mass is 138 g/mol. The average Bonchev–Trinajstić information content (AvgIpc) is 1.95. The van der Waals surface area contributed by atoms with Crippen molar-refractivity contribution in [3.8, 4) is 0 Å². The van der Waals surface area contributed by atoms with Gasteiger partial charge >= 0.3 is 0 Å². The molecule has 1 rings (SSSR count). The molecule has 1 nitrogen and oxygen atoms in total. The van der Waals surface area contributed by atoms with Gasteiger partial charge in [0.25, 0.3) is 0 Å². The average molecular weight is 138 g/mol. The third-order valence-corrected chi connectivity index (χ3v) is 2.08. The molecular formula is C9H14O. The topological polar surface area (TPSA) is 9.23 Å². The Bertz CT molecular complexity index is 177. The van der Waals surface area contributed by atoms with Gasteiger partial charge in [0.05, 0.1) is 12.9 Å². The minimum Gasteiger partial charge on any atom is -0.501 e. The normalized spacial score (nSPS) is 25.3. The van der Waals surface area contributed by atoms with Gasteiger partial charge in [0.2, 0.25) is 0 Å². The Kier molecular flexibility index (Phi) is 2.15. The van der Waals surface area contributed by atoms with Crippen LogP contribution in [0, 0.1) is 5.92 Å². The van der Waals surface area contributed by atoms with Gasteiger partial charge in [-0.2, -0.15) is 0 Å². The Morgan fingerprint density at radius 1 is 1.50 bits per heavy atom. The molecule has 0 saturated carbocycles. The molecule has 0 radical (unpaired) electrons. The summed E-state index contributed by atoms with van der Waals surface area (Å²) in [6, 6.07) is 0. The van der Waals surface area contributed by atoms with E-state index in [0.717, 1.165) is 12.2 Å². The van der Waals surface area contributed by atoms with Crippen LogP contribution in [0.1, 0.15) is 20.3 Å². The second kappa shape index (κ2) is 2.91. The molecule has 0 fully saturated rings. The highest BCUT2D eigenvalue weighted by atomic mass is 16.5. The van der Waals surface area contributed by atoms with Gasteiger partial charge in [-0.1, -0.05) is 18.6 Å². The van der Waals surface area contributed by atoms with E-state index in [1.165, 1.54) is 5.57 Å². The maximum atomic E-state index is 5.13. The van der Waals surface area contributed by atoms with Crippen molar-refractivity contribution in [2.24, 2.45) is 5.92 Å². The highest BCUT2D eigenvalue weighted by Crippen LogP contribution is 2.23. The standard InChI is InChI=1S/C9H14O/c1-7-4-5-9(10-3)6-8(7)2/h4-5,8H,6H2,1-3H3/t8-/m1/s1. The van der Waals surface area contributed by atoms with Crippen molar-refractivity contribution in [1.82, 2.24) is 0 Å². The summed E-state index contributed by atoms with van der Waals surface area (Å²) in [5.74, 6) is 1.75. The van der Waals surface area contributed by atoms with E-state index in [4.69, 9.17) is 4.74 Å². The number of allylic oxidation sites excluding steroid dienone is 4. The Morgan fingerprint density at radius 3 is 2.70 bits per heavy atom. The van der Waals surface area contributed by atoms with Crippen LogP contribution >= 0.6 is 0 Å². The van der Waals surface area contributed by atoms with Crippen LogP contribution in [0.4, 0.5) is 0 Å². The Hall–Kier alpha value is -0.720. The lowest BCUT2D eigenvalue weighted by molar-refractivity contribution is 0.265. The van der Waals surface area contributed by atoms with E-state index >= 15 is 0 Å². The predicted octanol–water partition coefficient (Wildman–Crippen LogP) is 2.50. The van der Waals surface area contributed by atoms with Crippen molar-refractivity contribution in [3.05, 3.63) is 23.5 Å². The molecule has 0 bridgehead atoms. The third-order valence-electron chi connectivity index (χ3n) is 2.08. The molecule has 0 amide bonds. The smallest absolute Gasteiger partial charge is 0.0961 e. The van der Waals surface area contributed by atoms with Crippen LogP contribution in [0.3, 0.4) is 0 Å². The second-order valence-electron chi connectivity index (χ2n) is 2.85. The number of methoxy groups -OCH3 is 1. The van der Waals surface area contributed by atoms with Crippen molar-refractivity contribution >= 4 is 0 Å². The van der Waals surface area contributed by atoms with Crippen molar-refractivity contribution in [2.45, 2.75) is 20.3 Å². The van der Waals surface area contributed by atoms with Gasteiger partial charge in [-0.3, -0.25) is 0 Å². The first-order valence-corrected chi connectivity index (χ1v) is 3.65. The van der Waals surface area contributed by atoms with Gasteiger partial charge < -0.3 is 4.74 Å². The molecule has 0 spiro atoms. The SMILES string of the molecule is COC1=CC=C(C)[C@H](C)C1. The van der Waals surface area contributed by atoms with Crippen molar-refractivity contribution < 1.29 is 4.74 Å². The maximum absolute atomic E-state index is 5.13. The predicted molar refractivity (Wildman–Crippen MR) is 42.6 cm³/mol. The van der Waals surface area contributed by atoms with E-state index in [-0.39, 0.29) is 0 Å². The third kappa shape index (κ3) is 1.41. The summed E-state index contributed by atoms with van der Waals surface area (Å²) < 4.78 is 5.13. The zero-order valence-corrected chi connectivity index (χ0v) is 6.85. The van der Waals surface area contributed by atoms with Gasteiger partial charge in [-0.15, -0.1) is 0 Å². The first-order valence-electron chi connectivity index (χ1n) is 3.65. The number of hydrogen-bond donors (Lipinski definition) is 0. The molecule has 1 aliphatic rings.